The van der Waals surface area contributed by atoms with Crippen molar-refractivity contribution < 1.29 is 19.1 Å². The second kappa shape index (κ2) is 4.55. The fourth-order valence-corrected chi connectivity index (χ4v) is 1.39. The zero-order valence-electron chi connectivity index (χ0n) is 9.86. The van der Waals surface area contributed by atoms with Crippen molar-refractivity contribution in [3.8, 4) is 0 Å². The number of nitrogens with zero attached hydrogens (tertiary/aromatic N) is 1. The van der Waals surface area contributed by atoms with Gasteiger partial charge in [0.25, 0.3) is 0 Å². The second-order valence-corrected chi connectivity index (χ2v) is 4.61. The Labute approximate surface area is 95.0 Å². The fraction of sp³-hybridized carbons (Fsp3) is 0.636. The second-order valence-electron chi connectivity index (χ2n) is 4.61. The lowest BCUT2D eigenvalue weighted by molar-refractivity contribution is -0.108. The average Bonchev–Trinajstić information content (AvgIpc) is 2.44. The Bertz CT molecular complexity index is 306. The quantitative estimate of drug-likeness (QED) is 0.673. The van der Waals surface area contributed by atoms with Crippen molar-refractivity contribution >= 4 is 12.4 Å². The van der Waals surface area contributed by atoms with Gasteiger partial charge < -0.3 is 14.3 Å². The van der Waals surface area contributed by atoms with Gasteiger partial charge in [0.05, 0.1) is 6.04 Å². The molecular formula is C11H17NO4. The molecule has 1 atom stereocenters. The fourth-order valence-electron chi connectivity index (χ4n) is 1.39. The third-order valence-corrected chi connectivity index (χ3v) is 2.03. The van der Waals surface area contributed by atoms with Gasteiger partial charge in [-0.05, 0) is 27.4 Å². The molecule has 1 heterocycles. The van der Waals surface area contributed by atoms with Crippen molar-refractivity contribution in [3.63, 3.8) is 0 Å². The van der Waals surface area contributed by atoms with Crippen molar-refractivity contribution in [2.75, 3.05) is 6.61 Å². The largest absolute Gasteiger partial charge is 0.477 e. The maximum Gasteiger partial charge on any atom is 0.417 e. The van der Waals surface area contributed by atoms with Crippen LogP contribution in [-0.4, -0.2) is 35.5 Å². The molecule has 0 aromatic heterocycles. The van der Waals surface area contributed by atoms with Crippen LogP contribution in [0.4, 0.5) is 4.79 Å². The van der Waals surface area contributed by atoms with Crippen molar-refractivity contribution in [2.45, 2.75) is 38.8 Å². The van der Waals surface area contributed by atoms with E-state index >= 15 is 0 Å². The van der Waals surface area contributed by atoms with E-state index in [0.29, 0.717) is 0 Å². The van der Waals surface area contributed by atoms with Crippen LogP contribution in [0, 0.1) is 0 Å². The molecule has 0 aromatic rings. The van der Waals surface area contributed by atoms with Gasteiger partial charge in [-0.3, -0.25) is 0 Å². The van der Waals surface area contributed by atoms with E-state index in [1.807, 2.05) is 0 Å². The van der Waals surface area contributed by atoms with E-state index in [0.717, 1.165) is 6.29 Å². The Balaban J connectivity index is 2.71. The highest BCUT2D eigenvalue weighted by Crippen LogP contribution is 2.23. The molecule has 1 rings (SSSR count). The molecule has 0 bridgehead atoms. The van der Waals surface area contributed by atoms with Gasteiger partial charge in [0, 0.05) is 6.42 Å². The lowest BCUT2D eigenvalue weighted by Gasteiger charge is -2.26. The van der Waals surface area contributed by atoms with Gasteiger partial charge >= 0.3 is 6.09 Å². The third-order valence-electron chi connectivity index (χ3n) is 2.03. The summed E-state index contributed by atoms with van der Waals surface area (Å²) in [6.07, 6.45) is 0.448. The van der Waals surface area contributed by atoms with Crippen LogP contribution in [0.25, 0.3) is 0 Å². The van der Waals surface area contributed by atoms with Gasteiger partial charge in [0.2, 0.25) is 0 Å². The van der Waals surface area contributed by atoms with E-state index in [4.69, 9.17) is 9.47 Å². The Kier molecular flexibility index (Phi) is 3.57. The van der Waals surface area contributed by atoms with Crippen LogP contribution < -0.4 is 0 Å². The van der Waals surface area contributed by atoms with Crippen LogP contribution in [0.2, 0.25) is 0 Å². The van der Waals surface area contributed by atoms with Gasteiger partial charge in [-0.15, -0.1) is 0 Å². The SMILES string of the molecule is C=C1OC[C@H](CC=O)N1C(=O)OC(C)(C)C. The highest BCUT2D eigenvalue weighted by Gasteiger charge is 2.36. The summed E-state index contributed by atoms with van der Waals surface area (Å²) in [5, 5.41) is 0. The number of ether oxygens (including phenoxy) is 2. The molecule has 5 nitrogen and oxygen atoms in total. The molecule has 0 aromatic carbocycles. The first kappa shape index (κ1) is 12.5. The van der Waals surface area contributed by atoms with Crippen LogP contribution in [0.5, 0.6) is 0 Å². The summed E-state index contributed by atoms with van der Waals surface area (Å²) >= 11 is 0. The molecule has 16 heavy (non-hydrogen) atoms. The maximum absolute atomic E-state index is 11.8. The molecule has 1 fully saturated rings. The van der Waals surface area contributed by atoms with E-state index in [9.17, 15) is 9.59 Å². The molecular weight excluding hydrogens is 210 g/mol. The number of aldehydes is 1. The minimum atomic E-state index is -0.578. The Morgan fingerprint density at radius 2 is 2.31 bits per heavy atom. The molecule has 1 aliphatic heterocycles. The van der Waals surface area contributed by atoms with Crippen LogP contribution in [0.15, 0.2) is 12.5 Å². The Morgan fingerprint density at radius 1 is 1.69 bits per heavy atom. The zero-order valence-corrected chi connectivity index (χ0v) is 9.86. The minimum absolute atomic E-state index is 0.220. The van der Waals surface area contributed by atoms with E-state index in [1.165, 1.54) is 4.90 Å². The summed E-state index contributed by atoms with van der Waals surface area (Å²) in [4.78, 5) is 23.6. The van der Waals surface area contributed by atoms with Gasteiger partial charge in [-0.1, -0.05) is 0 Å². The van der Waals surface area contributed by atoms with Crippen LogP contribution >= 0.6 is 0 Å². The van der Waals surface area contributed by atoms with Gasteiger partial charge in [0.15, 0.2) is 5.88 Å². The van der Waals surface area contributed by atoms with Crippen molar-refractivity contribution in [1.29, 1.82) is 0 Å². The summed E-state index contributed by atoms with van der Waals surface area (Å²) in [6, 6.07) is -0.306. The summed E-state index contributed by atoms with van der Waals surface area (Å²) in [5.74, 6) is 0.237. The molecule has 0 radical (unpaired) electrons. The highest BCUT2D eigenvalue weighted by molar-refractivity contribution is 5.71. The molecule has 1 saturated heterocycles. The number of amides is 1. The molecule has 0 spiro atoms. The summed E-state index contributed by atoms with van der Waals surface area (Å²) in [7, 11) is 0. The Hall–Kier alpha value is -1.52. The smallest absolute Gasteiger partial charge is 0.417 e. The molecule has 1 amide bonds. The molecule has 0 unspecified atom stereocenters. The van der Waals surface area contributed by atoms with Crippen molar-refractivity contribution in [3.05, 3.63) is 12.5 Å². The lowest BCUT2D eigenvalue weighted by Crippen LogP contribution is -2.39. The summed E-state index contributed by atoms with van der Waals surface area (Å²) in [5.41, 5.74) is -0.578. The number of hydrogen-bond donors (Lipinski definition) is 0. The van der Waals surface area contributed by atoms with Crippen molar-refractivity contribution in [2.24, 2.45) is 0 Å². The van der Waals surface area contributed by atoms with Crippen molar-refractivity contribution in [1.82, 2.24) is 4.90 Å². The molecule has 1 aliphatic rings. The molecule has 90 valence electrons. The first-order valence-electron chi connectivity index (χ1n) is 5.12. The Morgan fingerprint density at radius 3 is 2.81 bits per heavy atom. The van der Waals surface area contributed by atoms with Crippen LogP contribution in [0.3, 0.4) is 0 Å². The predicted octanol–water partition coefficient (Wildman–Crippen LogP) is 1.68. The van der Waals surface area contributed by atoms with Gasteiger partial charge in [-0.2, -0.15) is 0 Å². The number of carbonyl (C=O) groups is 2. The van der Waals surface area contributed by atoms with Crippen LogP contribution in [0.1, 0.15) is 27.2 Å². The highest BCUT2D eigenvalue weighted by atomic mass is 16.6. The molecule has 0 aliphatic carbocycles. The van der Waals surface area contributed by atoms with E-state index in [2.05, 4.69) is 6.58 Å². The zero-order chi connectivity index (χ0) is 12.3. The summed E-state index contributed by atoms with van der Waals surface area (Å²) < 4.78 is 10.3. The van der Waals surface area contributed by atoms with Crippen LogP contribution in [-0.2, 0) is 14.3 Å². The normalized spacial score (nSPS) is 20.6. The molecule has 0 N–H and O–H groups in total. The monoisotopic (exact) mass is 227 g/mol. The standard InChI is InChI=1S/C11H17NO4/c1-8-12(9(5-6-13)7-15-8)10(14)16-11(2,3)4/h6,9H,1,5,7H2,2-4H3/t9-/m0/s1. The summed E-state index contributed by atoms with van der Waals surface area (Å²) in [6.45, 7) is 9.23. The predicted molar refractivity (Wildman–Crippen MR) is 57.6 cm³/mol. The third kappa shape index (κ3) is 2.98. The lowest BCUT2D eigenvalue weighted by atomic mass is 10.2. The number of carbonyl (C=O) groups excluding carboxylic acids is 2. The number of rotatable bonds is 2. The average molecular weight is 227 g/mol. The van der Waals surface area contributed by atoms with E-state index in [1.54, 1.807) is 20.8 Å². The number of hydrogen-bond acceptors (Lipinski definition) is 4. The van der Waals surface area contributed by atoms with Gasteiger partial charge in [0.1, 0.15) is 18.5 Å². The maximum atomic E-state index is 11.8. The van der Waals surface area contributed by atoms with Gasteiger partial charge in [-0.25, -0.2) is 9.69 Å². The van der Waals surface area contributed by atoms with E-state index < -0.39 is 11.7 Å². The topological polar surface area (TPSA) is 55.8 Å². The molecule has 0 saturated carbocycles. The first-order valence-corrected chi connectivity index (χ1v) is 5.12. The molecule has 5 heteroatoms. The first-order chi connectivity index (χ1) is 7.35. The minimum Gasteiger partial charge on any atom is -0.477 e. The van der Waals surface area contributed by atoms with E-state index in [-0.39, 0.29) is 25.0 Å².